The summed E-state index contributed by atoms with van der Waals surface area (Å²) < 4.78 is 43.7. The molecule has 8 nitrogen and oxygen atoms in total. The summed E-state index contributed by atoms with van der Waals surface area (Å²) in [7, 11) is -3.52. The van der Waals surface area contributed by atoms with E-state index in [1.807, 2.05) is 0 Å². The van der Waals surface area contributed by atoms with Gasteiger partial charge in [-0.05, 0) is 24.3 Å². The van der Waals surface area contributed by atoms with Crippen LogP contribution < -0.4 is 4.74 Å². The second-order valence-corrected chi connectivity index (χ2v) is 6.78. The molecule has 0 aliphatic carbocycles. The first-order chi connectivity index (χ1) is 12.0. The number of hydrogen-bond acceptors (Lipinski definition) is 8. The van der Waals surface area contributed by atoms with E-state index in [2.05, 4.69) is 16.1 Å². The van der Waals surface area contributed by atoms with Crippen molar-refractivity contribution in [2.45, 2.75) is 5.22 Å². The average Bonchev–Trinajstić information content (AvgIpc) is 3.08. The summed E-state index contributed by atoms with van der Waals surface area (Å²) in [6.45, 7) is 1.97. The fourth-order valence-corrected chi connectivity index (χ4v) is 2.16. The van der Waals surface area contributed by atoms with Gasteiger partial charge in [-0.15, -0.1) is 11.5 Å². The fraction of sp³-hybridized carbons (Fsp3) is 0.375. The average molecular weight is 366 g/mol. The van der Waals surface area contributed by atoms with E-state index in [1.165, 1.54) is 0 Å². The maximum Gasteiger partial charge on any atom is 0.335 e. The zero-order valence-electron chi connectivity index (χ0n) is 13.7. The molecule has 0 unspecified atom stereocenters. The van der Waals surface area contributed by atoms with Gasteiger partial charge in [-0.3, -0.25) is 0 Å². The Kier molecular flexibility index (Phi) is 6.94. The first-order valence-electron chi connectivity index (χ1n) is 7.36. The molecule has 0 N–H and O–H groups in total. The van der Waals surface area contributed by atoms with Gasteiger partial charge in [0.25, 0.3) is 0 Å². The second-order valence-electron chi connectivity index (χ2n) is 4.89. The Morgan fingerprint density at radius 1 is 1.08 bits per heavy atom. The fourth-order valence-electron chi connectivity index (χ4n) is 1.74. The summed E-state index contributed by atoms with van der Waals surface area (Å²) in [5.41, 5.74) is 0.594. The summed E-state index contributed by atoms with van der Waals surface area (Å²) in [5.74, 6) is 3.13. The largest absolute Gasteiger partial charge is 0.491 e. The van der Waals surface area contributed by atoms with Crippen molar-refractivity contribution >= 4 is 9.84 Å². The molecule has 25 heavy (non-hydrogen) atoms. The van der Waals surface area contributed by atoms with Crippen molar-refractivity contribution in [2.24, 2.45) is 0 Å². The highest BCUT2D eigenvalue weighted by molar-refractivity contribution is 7.90. The van der Waals surface area contributed by atoms with Crippen LogP contribution in [-0.4, -0.2) is 57.9 Å². The van der Waals surface area contributed by atoms with E-state index >= 15 is 0 Å². The third-order valence-corrected chi connectivity index (χ3v) is 3.68. The molecule has 134 valence electrons. The highest BCUT2D eigenvalue weighted by atomic mass is 32.2. The predicted octanol–water partition coefficient (Wildman–Crippen LogP) is 1.19. The Morgan fingerprint density at radius 2 is 1.76 bits per heavy atom. The van der Waals surface area contributed by atoms with E-state index in [9.17, 15) is 8.42 Å². The molecule has 9 heteroatoms. The first-order valence-corrected chi connectivity index (χ1v) is 9.25. The molecule has 2 rings (SSSR count). The molecule has 0 aliphatic heterocycles. The molecule has 2 aromatic rings. The lowest BCUT2D eigenvalue weighted by Crippen LogP contribution is -2.10. The normalized spacial score (nSPS) is 11.2. The van der Waals surface area contributed by atoms with E-state index in [0.29, 0.717) is 37.7 Å². The minimum absolute atomic E-state index is 0.127. The van der Waals surface area contributed by atoms with E-state index < -0.39 is 15.1 Å². The van der Waals surface area contributed by atoms with Crippen molar-refractivity contribution in [1.29, 1.82) is 0 Å². The summed E-state index contributed by atoms with van der Waals surface area (Å²) in [4.78, 5) is 0. The van der Waals surface area contributed by atoms with Crippen molar-refractivity contribution in [3.8, 4) is 29.5 Å². The summed E-state index contributed by atoms with van der Waals surface area (Å²) in [5, 5.41) is 6.82. The van der Waals surface area contributed by atoms with E-state index in [1.54, 1.807) is 24.3 Å². The molecule has 0 atom stereocenters. The van der Waals surface area contributed by atoms with Gasteiger partial charge in [-0.1, -0.05) is 11.0 Å². The van der Waals surface area contributed by atoms with Gasteiger partial charge in [0.2, 0.25) is 15.7 Å². The lowest BCUT2D eigenvalue weighted by Gasteiger charge is -2.07. The molecule has 1 aromatic carbocycles. The Balaban J connectivity index is 1.77. The number of terminal acetylenes is 1. The van der Waals surface area contributed by atoms with Crippen molar-refractivity contribution in [1.82, 2.24) is 10.2 Å². The Labute approximate surface area is 146 Å². The van der Waals surface area contributed by atoms with Gasteiger partial charge < -0.3 is 18.6 Å². The molecule has 0 bridgehead atoms. The van der Waals surface area contributed by atoms with Gasteiger partial charge in [0.1, 0.15) is 19.0 Å². The van der Waals surface area contributed by atoms with E-state index in [-0.39, 0.29) is 12.5 Å². The molecule has 1 aromatic heterocycles. The number of nitrogens with zero attached hydrogens (tertiary/aromatic N) is 2. The highest BCUT2D eigenvalue weighted by Crippen LogP contribution is 2.22. The lowest BCUT2D eigenvalue weighted by molar-refractivity contribution is 0.0462. The quantitative estimate of drug-likeness (QED) is 0.456. The predicted molar refractivity (Wildman–Crippen MR) is 88.8 cm³/mol. The second kappa shape index (κ2) is 9.17. The van der Waals surface area contributed by atoms with Gasteiger partial charge in [-0.2, -0.15) is 0 Å². The number of aromatic nitrogens is 2. The van der Waals surface area contributed by atoms with Crippen LogP contribution in [0.15, 0.2) is 33.9 Å². The minimum atomic E-state index is -3.52. The van der Waals surface area contributed by atoms with Crippen LogP contribution in [0.4, 0.5) is 0 Å². The summed E-state index contributed by atoms with van der Waals surface area (Å²) >= 11 is 0. The van der Waals surface area contributed by atoms with Crippen LogP contribution >= 0.6 is 0 Å². The first kappa shape index (κ1) is 18.9. The zero-order chi connectivity index (χ0) is 18.1. The van der Waals surface area contributed by atoms with Gasteiger partial charge in [0.05, 0.1) is 19.8 Å². The van der Waals surface area contributed by atoms with Crippen LogP contribution in [0, 0.1) is 12.3 Å². The van der Waals surface area contributed by atoms with Crippen molar-refractivity contribution in [2.75, 3.05) is 39.3 Å². The van der Waals surface area contributed by atoms with Crippen LogP contribution in [0.5, 0.6) is 5.75 Å². The monoisotopic (exact) mass is 366 g/mol. The molecule has 0 amide bonds. The van der Waals surface area contributed by atoms with Crippen LogP contribution in [0.1, 0.15) is 0 Å². The van der Waals surface area contributed by atoms with Crippen molar-refractivity contribution < 1.29 is 27.0 Å². The maximum atomic E-state index is 11.3. The zero-order valence-corrected chi connectivity index (χ0v) is 14.5. The Bertz CT molecular complexity index is 808. The molecule has 1 heterocycles. The van der Waals surface area contributed by atoms with Gasteiger partial charge in [-0.25, -0.2) is 8.42 Å². The SMILES string of the molecule is C#CCOCCOCCOc1ccc(-c2nnc(S(C)(=O)=O)o2)cc1. The molecular weight excluding hydrogens is 348 g/mol. The number of benzene rings is 1. The van der Waals surface area contributed by atoms with Crippen molar-refractivity contribution in [3.05, 3.63) is 24.3 Å². The van der Waals surface area contributed by atoms with Crippen LogP contribution in [-0.2, 0) is 19.3 Å². The number of ether oxygens (including phenoxy) is 3. The number of sulfone groups is 1. The molecular formula is C16H18N2O6S. The summed E-state index contributed by atoms with van der Waals surface area (Å²) in [6, 6.07) is 6.83. The molecule has 0 aliphatic rings. The highest BCUT2D eigenvalue weighted by Gasteiger charge is 2.17. The number of rotatable bonds is 10. The smallest absolute Gasteiger partial charge is 0.335 e. The lowest BCUT2D eigenvalue weighted by atomic mass is 10.2. The minimum Gasteiger partial charge on any atom is -0.491 e. The molecule has 0 saturated heterocycles. The van der Waals surface area contributed by atoms with E-state index in [0.717, 1.165) is 6.26 Å². The maximum absolute atomic E-state index is 11.3. The van der Waals surface area contributed by atoms with Gasteiger partial charge in [0.15, 0.2) is 0 Å². The molecule has 0 radical (unpaired) electrons. The number of hydrogen-bond donors (Lipinski definition) is 0. The van der Waals surface area contributed by atoms with Gasteiger partial charge >= 0.3 is 5.22 Å². The van der Waals surface area contributed by atoms with Crippen LogP contribution in [0.2, 0.25) is 0 Å². The van der Waals surface area contributed by atoms with E-state index in [4.69, 9.17) is 25.1 Å². The van der Waals surface area contributed by atoms with Gasteiger partial charge in [0, 0.05) is 11.8 Å². The molecule has 0 saturated carbocycles. The summed E-state index contributed by atoms with van der Waals surface area (Å²) in [6.07, 6.45) is 6.05. The Hall–Kier alpha value is -2.41. The third-order valence-electron chi connectivity index (χ3n) is 2.88. The third kappa shape index (κ3) is 6.19. The van der Waals surface area contributed by atoms with Crippen molar-refractivity contribution in [3.63, 3.8) is 0 Å². The molecule has 0 fully saturated rings. The van der Waals surface area contributed by atoms with Crippen LogP contribution in [0.25, 0.3) is 11.5 Å². The van der Waals surface area contributed by atoms with Crippen LogP contribution in [0.3, 0.4) is 0 Å². The topological polar surface area (TPSA) is 101 Å². The molecule has 0 spiro atoms. The standard InChI is InChI=1S/C16H18N2O6S/c1-3-8-21-9-10-22-11-12-23-14-6-4-13(5-7-14)15-17-18-16(24-15)25(2,19)20/h1,4-7H,8-12H2,2H3. The Morgan fingerprint density at radius 3 is 2.40 bits per heavy atom.